The van der Waals surface area contributed by atoms with Crippen LogP contribution in [0.4, 0.5) is 5.69 Å². The standard InChI is InChI=1S/C17H14N2O6S2/c1-18-9-5-3-2-4-8(9)12(14(18)22)13-15(23)19(17(26)27-13)10(16(24)25)6-7-11(20)21/h2-5,10H,6-7H2,1H3,(H,20,21)(H,24,25)/p-2/b13-12+/t10-/m1/s1. The van der Waals surface area contributed by atoms with Crippen molar-refractivity contribution in [3.63, 3.8) is 0 Å². The molecule has 0 aromatic heterocycles. The predicted octanol–water partition coefficient (Wildman–Crippen LogP) is -1.12. The summed E-state index contributed by atoms with van der Waals surface area (Å²) in [5, 5.41) is 22.1. The van der Waals surface area contributed by atoms with Gasteiger partial charge in [-0.05, 0) is 18.9 Å². The predicted molar refractivity (Wildman–Crippen MR) is 96.8 cm³/mol. The number of hydrogen-bond acceptors (Lipinski definition) is 8. The highest BCUT2D eigenvalue weighted by Crippen LogP contribution is 2.44. The highest BCUT2D eigenvalue weighted by atomic mass is 32.2. The van der Waals surface area contributed by atoms with E-state index in [0.717, 1.165) is 16.7 Å². The summed E-state index contributed by atoms with van der Waals surface area (Å²) in [5.74, 6) is -4.25. The number of para-hydroxylation sites is 1. The second kappa shape index (κ2) is 7.12. The molecule has 2 amide bonds. The molecular weight excluding hydrogens is 392 g/mol. The zero-order valence-electron chi connectivity index (χ0n) is 14.0. The summed E-state index contributed by atoms with van der Waals surface area (Å²) in [4.78, 5) is 49.9. The molecule has 0 spiro atoms. The van der Waals surface area contributed by atoms with Gasteiger partial charge in [0.15, 0.2) is 0 Å². The fourth-order valence-electron chi connectivity index (χ4n) is 3.00. The quantitative estimate of drug-likeness (QED) is 0.447. The molecule has 2 heterocycles. The first-order valence-corrected chi connectivity index (χ1v) is 9.04. The molecule has 0 aliphatic carbocycles. The summed E-state index contributed by atoms with van der Waals surface area (Å²) in [6, 6.07) is 5.33. The fraction of sp³-hybridized carbons (Fsp3) is 0.235. The van der Waals surface area contributed by atoms with Crippen LogP contribution in [-0.4, -0.2) is 46.1 Å². The van der Waals surface area contributed by atoms with E-state index in [1.54, 1.807) is 31.3 Å². The Hall–Kier alpha value is -2.72. The van der Waals surface area contributed by atoms with Crippen LogP contribution in [0.15, 0.2) is 29.2 Å². The number of aliphatic carboxylic acids is 2. The molecule has 1 fully saturated rings. The van der Waals surface area contributed by atoms with Gasteiger partial charge in [-0.3, -0.25) is 14.5 Å². The van der Waals surface area contributed by atoms with E-state index < -0.39 is 42.6 Å². The number of anilines is 1. The summed E-state index contributed by atoms with van der Waals surface area (Å²) in [5.41, 5.74) is 1.31. The number of fused-ring (bicyclic) bond motifs is 1. The van der Waals surface area contributed by atoms with Gasteiger partial charge in [0.1, 0.15) is 4.32 Å². The van der Waals surface area contributed by atoms with Gasteiger partial charge in [0.2, 0.25) is 0 Å². The van der Waals surface area contributed by atoms with Crippen LogP contribution in [-0.2, 0) is 19.2 Å². The van der Waals surface area contributed by atoms with Gasteiger partial charge in [0.25, 0.3) is 11.8 Å². The number of carbonyl (C=O) groups is 4. The van der Waals surface area contributed by atoms with Crippen molar-refractivity contribution < 1.29 is 29.4 Å². The van der Waals surface area contributed by atoms with Gasteiger partial charge >= 0.3 is 0 Å². The van der Waals surface area contributed by atoms with Crippen LogP contribution in [0.1, 0.15) is 18.4 Å². The lowest BCUT2D eigenvalue weighted by Gasteiger charge is -2.27. The third-order valence-corrected chi connectivity index (χ3v) is 5.69. The van der Waals surface area contributed by atoms with Crippen molar-refractivity contribution in [3.05, 3.63) is 34.7 Å². The molecule has 0 unspecified atom stereocenters. The molecule has 2 aliphatic heterocycles. The number of likely N-dealkylation sites (N-methyl/N-ethyl adjacent to an activating group) is 1. The Kier molecular flexibility index (Phi) is 5.03. The molecular formula is C17H12N2O6S2-2. The van der Waals surface area contributed by atoms with E-state index in [-0.39, 0.29) is 14.8 Å². The maximum absolute atomic E-state index is 12.9. The van der Waals surface area contributed by atoms with Crippen LogP contribution in [0.3, 0.4) is 0 Å². The molecule has 0 radical (unpaired) electrons. The lowest BCUT2D eigenvalue weighted by atomic mass is 10.1. The van der Waals surface area contributed by atoms with E-state index in [9.17, 15) is 29.4 Å². The third kappa shape index (κ3) is 3.21. The molecule has 27 heavy (non-hydrogen) atoms. The van der Waals surface area contributed by atoms with Gasteiger partial charge in [0.05, 0.1) is 28.2 Å². The Labute approximate surface area is 163 Å². The van der Waals surface area contributed by atoms with Crippen molar-refractivity contribution in [1.29, 1.82) is 0 Å². The van der Waals surface area contributed by atoms with Crippen LogP contribution in [0, 0.1) is 0 Å². The molecule has 8 nitrogen and oxygen atoms in total. The van der Waals surface area contributed by atoms with Gasteiger partial charge < -0.3 is 24.7 Å². The van der Waals surface area contributed by atoms with Crippen LogP contribution in [0.5, 0.6) is 0 Å². The normalized spacial score (nSPS) is 20.3. The second-order valence-electron chi connectivity index (χ2n) is 5.87. The summed E-state index contributed by atoms with van der Waals surface area (Å²) >= 11 is 5.94. The van der Waals surface area contributed by atoms with E-state index in [1.165, 1.54) is 4.90 Å². The first-order chi connectivity index (χ1) is 12.7. The van der Waals surface area contributed by atoms with E-state index >= 15 is 0 Å². The highest BCUT2D eigenvalue weighted by molar-refractivity contribution is 8.26. The molecule has 1 aromatic carbocycles. The summed E-state index contributed by atoms with van der Waals surface area (Å²) in [6.07, 6.45) is -0.990. The first-order valence-electron chi connectivity index (χ1n) is 7.81. The maximum atomic E-state index is 12.9. The number of hydrogen-bond donors (Lipinski definition) is 0. The van der Waals surface area contributed by atoms with Crippen molar-refractivity contribution >= 4 is 63.3 Å². The molecule has 0 bridgehead atoms. The van der Waals surface area contributed by atoms with Crippen molar-refractivity contribution in [2.75, 3.05) is 11.9 Å². The molecule has 10 heteroatoms. The summed E-state index contributed by atoms with van der Waals surface area (Å²) in [6.45, 7) is 0. The number of carboxylic acids is 2. The van der Waals surface area contributed by atoms with Gasteiger partial charge in [-0.2, -0.15) is 0 Å². The Morgan fingerprint density at radius 3 is 2.48 bits per heavy atom. The molecule has 1 saturated heterocycles. The Morgan fingerprint density at radius 1 is 1.19 bits per heavy atom. The minimum absolute atomic E-state index is 0.0153. The van der Waals surface area contributed by atoms with Gasteiger partial charge in [-0.15, -0.1) is 0 Å². The van der Waals surface area contributed by atoms with Gasteiger partial charge in [-0.1, -0.05) is 42.2 Å². The number of benzene rings is 1. The second-order valence-corrected chi connectivity index (χ2v) is 7.52. The lowest BCUT2D eigenvalue weighted by Crippen LogP contribution is -2.50. The SMILES string of the molecule is CN1C(=O)/C(=C2/SC(=S)N([C@H](CCC(=O)[O-])C(=O)[O-])C2=O)c2ccccc21. The fourth-order valence-corrected chi connectivity index (χ4v) is 4.42. The van der Waals surface area contributed by atoms with Crippen LogP contribution in [0.2, 0.25) is 0 Å². The summed E-state index contributed by atoms with van der Waals surface area (Å²) < 4.78 is -0.0742. The average Bonchev–Trinajstić information content (AvgIpc) is 3.03. The smallest absolute Gasteiger partial charge is 0.267 e. The highest BCUT2D eigenvalue weighted by Gasteiger charge is 2.43. The zero-order chi connectivity index (χ0) is 19.9. The largest absolute Gasteiger partial charge is 0.550 e. The summed E-state index contributed by atoms with van der Waals surface area (Å²) in [7, 11) is 1.57. The number of thiocarbonyl (C=S) groups is 1. The molecule has 0 saturated carbocycles. The minimum atomic E-state index is -1.63. The monoisotopic (exact) mass is 404 g/mol. The Balaban J connectivity index is 2.03. The first kappa shape index (κ1) is 19.1. The maximum Gasteiger partial charge on any atom is 0.267 e. The van der Waals surface area contributed by atoms with Crippen molar-refractivity contribution in [1.82, 2.24) is 4.90 Å². The Morgan fingerprint density at radius 2 is 1.85 bits per heavy atom. The van der Waals surface area contributed by atoms with E-state index in [1.807, 2.05) is 0 Å². The number of nitrogens with zero attached hydrogens (tertiary/aromatic N) is 2. The van der Waals surface area contributed by atoms with E-state index in [0.29, 0.717) is 11.3 Å². The topological polar surface area (TPSA) is 121 Å². The molecule has 0 N–H and O–H groups in total. The molecule has 1 aromatic rings. The lowest BCUT2D eigenvalue weighted by molar-refractivity contribution is -0.311. The zero-order valence-corrected chi connectivity index (χ0v) is 15.6. The van der Waals surface area contributed by atoms with Crippen molar-refractivity contribution in [2.45, 2.75) is 18.9 Å². The molecule has 1 atom stereocenters. The number of amides is 2. The van der Waals surface area contributed by atoms with Crippen LogP contribution in [0.25, 0.3) is 5.57 Å². The average molecular weight is 404 g/mol. The van der Waals surface area contributed by atoms with E-state index in [2.05, 4.69) is 0 Å². The number of thioether (sulfide) groups is 1. The number of carbonyl (C=O) groups excluding carboxylic acids is 4. The molecule has 2 aliphatic rings. The minimum Gasteiger partial charge on any atom is -0.550 e. The van der Waals surface area contributed by atoms with Gasteiger partial charge in [-0.25, -0.2) is 0 Å². The number of carboxylic acid groups (broad SMARTS) is 2. The van der Waals surface area contributed by atoms with Crippen LogP contribution < -0.4 is 15.1 Å². The number of rotatable bonds is 5. The molecule has 3 rings (SSSR count). The van der Waals surface area contributed by atoms with Crippen molar-refractivity contribution in [2.24, 2.45) is 0 Å². The van der Waals surface area contributed by atoms with E-state index in [4.69, 9.17) is 12.2 Å². The van der Waals surface area contributed by atoms with Crippen molar-refractivity contribution in [3.8, 4) is 0 Å². The van der Waals surface area contributed by atoms with Gasteiger partial charge in [0, 0.05) is 18.6 Å². The molecule has 140 valence electrons. The van der Waals surface area contributed by atoms with Crippen LogP contribution >= 0.6 is 24.0 Å². The Bertz CT molecular complexity index is 926. The third-order valence-electron chi connectivity index (χ3n) is 4.29.